The van der Waals surface area contributed by atoms with E-state index in [1.54, 1.807) is 4.90 Å². The summed E-state index contributed by atoms with van der Waals surface area (Å²) in [6.45, 7) is 6.91. The van der Waals surface area contributed by atoms with Gasteiger partial charge in [0, 0.05) is 24.0 Å². The van der Waals surface area contributed by atoms with Crippen molar-refractivity contribution in [2.45, 2.75) is 39.8 Å². The molecule has 1 aromatic rings. The summed E-state index contributed by atoms with van der Waals surface area (Å²) in [4.78, 5) is 26.3. The van der Waals surface area contributed by atoms with Gasteiger partial charge in [-0.15, -0.1) is 0 Å². The Bertz CT molecular complexity index is 534. The molecule has 5 heteroatoms. The lowest BCUT2D eigenvalue weighted by Crippen LogP contribution is -2.51. The standard InChI is InChI=1S/C16H21BrN2O2/c1-16(2,3)14-15(21)19(9-8-13(20)18-14)10-11-4-6-12(17)7-5-11/h4-7,14H,8-10H2,1-3H3,(H,18,20). The molecule has 4 nitrogen and oxygen atoms in total. The number of nitrogens with one attached hydrogen (secondary N) is 1. The summed E-state index contributed by atoms with van der Waals surface area (Å²) in [5, 5.41) is 2.86. The summed E-state index contributed by atoms with van der Waals surface area (Å²) in [6, 6.07) is 7.43. The molecular weight excluding hydrogens is 332 g/mol. The molecule has 0 radical (unpaired) electrons. The normalized spacial score (nSPS) is 20.2. The molecule has 114 valence electrons. The van der Waals surface area contributed by atoms with Gasteiger partial charge in [0.15, 0.2) is 0 Å². The van der Waals surface area contributed by atoms with E-state index in [1.165, 1.54) is 0 Å². The Labute approximate surface area is 134 Å². The number of benzene rings is 1. The van der Waals surface area contributed by atoms with Crippen molar-refractivity contribution in [1.29, 1.82) is 0 Å². The van der Waals surface area contributed by atoms with Crippen molar-refractivity contribution in [1.82, 2.24) is 10.2 Å². The number of hydrogen-bond acceptors (Lipinski definition) is 2. The van der Waals surface area contributed by atoms with Gasteiger partial charge in [-0.2, -0.15) is 0 Å². The molecule has 1 N–H and O–H groups in total. The molecule has 1 fully saturated rings. The van der Waals surface area contributed by atoms with Crippen LogP contribution in [0.1, 0.15) is 32.8 Å². The van der Waals surface area contributed by atoms with Gasteiger partial charge < -0.3 is 10.2 Å². The van der Waals surface area contributed by atoms with E-state index in [0.29, 0.717) is 19.5 Å². The molecule has 0 aliphatic carbocycles. The molecule has 2 amide bonds. The van der Waals surface area contributed by atoms with E-state index in [-0.39, 0.29) is 17.2 Å². The molecule has 2 rings (SSSR count). The Hall–Kier alpha value is -1.36. The highest BCUT2D eigenvalue weighted by molar-refractivity contribution is 9.10. The Morgan fingerprint density at radius 1 is 1.24 bits per heavy atom. The Kier molecular flexibility index (Phi) is 4.71. The van der Waals surface area contributed by atoms with Crippen molar-refractivity contribution in [3.8, 4) is 0 Å². The fourth-order valence-electron chi connectivity index (χ4n) is 2.38. The van der Waals surface area contributed by atoms with E-state index in [4.69, 9.17) is 0 Å². The number of amides is 2. The van der Waals surface area contributed by atoms with Crippen molar-refractivity contribution in [2.75, 3.05) is 6.54 Å². The maximum atomic E-state index is 12.7. The van der Waals surface area contributed by atoms with Gasteiger partial charge in [-0.1, -0.05) is 48.8 Å². The average Bonchev–Trinajstić information content (AvgIpc) is 2.54. The number of hydrogen-bond donors (Lipinski definition) is 1. The number of carbonyl (C=O) groups excluding carboxylic acids is 2. The van der Waals surface area contributed by atoms with Gasteiger partial charge in [0.1, 0.15) is 6.04 Å². The predicted molar refractivity (Wildman–Crippen MR) is 85.6 cm³/mol. The van der Waals surface area contributed by atoms with Crippen molar-refractivity contribution >= 4 is 27.7 Å². The first kappa shape index (κ1) is 16.0. The number of carbonyl (C=O) groups is 2. The van der Waals surface area contributed by atoms with Gasteiger partial charge in [0.2, 0.25) is 11.8 Å². The topological polar surface area (TPSA) is 49.4 Å². The highest BCUT2D eigenvalue weighted by atomic mass is 79.9. The molecule has 1 aliphatic heterocycles. The maximum Gasteiger partial charge on any atom is 0.246 e. The van der Waals surface area contributed by atoms with Gasteiger partial charge in [-0.25, -0.2) is 0 Å². The van der Waals surface area contributed by atoms with Crippen LogP contribution in [0, 0.1) is 5.41 Å². The largest absolute Gasteiger partial charge is 0.344 e. The van der Waals surface area contributed by atoms with Crippen LogP contribution in [0.4, 0.5) is 0 Å². The lowest BCUT2D eigenvalue weighted by molar-refractivity contribution is -0.136. The minimum absolute atomic E-state index is 0.00345. The molecule has 1 atom stereocenters. The second kappa shape index (κ2) is 6.18. The first-order chi connectivity index (χ1) is 9.77. The predicted octanol–water partition coefficient (Wildman–Crippen LogP) is 2.71. The first-order valence-corrected chi connectivity index (χ1v) is 7.89. The highest BCUT2D eigenvalue weighted by Crippen LogP contribution is 2.24. The van der Waals surface area contributed by atoms with Crippen molar-refractivity contribution < 1.29 is 9.59 Å². The van der Waals surface area contributed by atoms with Crippen LogP contribution in [0.15, 0.2) is 28.7 Å². The summed E-state index contributed by atoms with van der Waals surface area (Å²) >= 11 is 3.40. The van der Waals surface area contributed by atoms with E-state index in [2.05, 4.69) is 21.2 Å². The van der Waals surface area contributed by atoms with Crippen molar-refractivity contribution in [2.24, 2.45) is 5.41 Å². The molecule has 0 aromatic heterocycles. The fraction of sp³-hybridized carbons (Fsp3) is 0.500. The minimum atomic E-state index is -0.469. The minimum Gasteiger partial charge on any atom is -0.344 e. The molecule has 1 aliphatic rings. The van der Waals surface area contributed by atoms with Crippen molar-refractivity contribution in [3.05, 3.63) is 34.3 Å². The molecule has 0 spiro atoms. The zero-order chi connectivity index (χ0) is 15.6. The van der Waals surface area contributed by atoms with E-state index in [9.17, 15) is 9.59 Å². The lowest BCUT2D eigenvalue weighted by Gasteiger charge is -2.32. The van der Waals surface area contributed by atoms with Crippen LogP contribution in [-0.4, -0.2) is 29.3 Å². The van der Waals surface area contributed by atoms with Crippen LogP contribution in [0.2, 0.25) is 0 Å². The lowest BCUT2D eigenvalue weighted by atomic mass is 9.86. The third-order valence-electron chi connectivity index (χ3n) is 3.63. The zero-order valence-electron chi connectivity index (χ0n) is 12.6. The molecule has 0 bridgehead atoms. The van der Waals surface area contributed by atoms with E-state index in [0.717, 1.165) is 10.0 Å². The van der Waals surface area contributed by atoms with Crippen LogP contribution in [0.5, 0.6) is 0 Å². The SMILES string of the molecule is CC(C)(C)C1NC(=O)CCN(Cc2ccc(Br)cc2)C1=O. The third kappa shape index (κ3) is 4.06. The summed E-state index contributed by atoms with van der Waals surface area (Å²) in [6.07, 6.45) is 0.356. The van der Waals surface area contributed by atoms with Crippen LogP contribution < -0.4 is 5.32 Å². The van der Waals surface area contributed by atoms with Gasteiger partial charge in [-0.05, 0) is 23.1 Å². The quantitative estimate of drug-likeness (QED) is 0.889. The van der Waals surface area contributed by atoms with Gasteiger partial charge >= 0.3 is 0 Å². The van der Waals surface area contributed by atoms with Crippen LogP contribution >= 0.6 is 15.9 Å². The molecular formula is C16H21BrN2O2. The molecule has 1 saturated heterocycles. The summed E-state index contributed by atoms with van der Waals surface area (Å²) in [5.41, 5.74) is 0.767. The van der Waals surface area contributed by atoms with Gasteiger partial charge in [-0.3, -0.25) is 9.59 Å². The Balaban J connectivity index is 2.19. The fourth-order valence-corrected chi connectivity index (χ4v) is 2.64. The summed E-state index contributed by atoms with van der Waals surface area (Å²) in [7, 11) is 0. The number of halogens is 1. The third-order valence-corrected chi connectivity index (χ3v) is 4.15. The summed E-state index contributed by atoms with van der Waals surface area (Å²) in [5.74, 6) is -0.0575. The van der Waals surface area contributed by atoms with Crippen LogP contribution in [0.25, 0.3) is 0 Å². The smallest absolute Gasteiger partial charge is 0.246 e. The average molecular weight is 353 g/mol. The van der Waals surface area contributed by atoms with E-state index >= 15 is 0 Å². The molecule has 1 unspecified atom stereocenters. The van der Waals surface area contributed by atoms with E-state index < -0.39 is 6.04 Å². The van der Waals surface area contributed by atoms with Gasteiger partial charge in [0.25, 0.3) is 0 Å². The van der Waals surface area contributed by atoms with E-state index in [1.807, 2.05) is 45.0 Å². The molecule has 21 heavy (non-hydrogen) atoms. The van der Waals surface area contributed by atoms with Crippen LogP contribution in [0.3, 0.4) is 0 Å². The second-order valence-corrected chi connectivity index (χ2v) is 7.42. The Morgan fingerprint density at radius 3 is 2.43 bits per heavy atom. The van der Waals surface area contributed by atoms with Gasteiger partial charge in [0.05, 0.1) is 0 Å². The zero-order valence-corrected chi connectivity index (χ0v) is 14.2. The highest BCUT2D eigenvalue weighted by Gasteiger charge is 2.37. The van der Waals surface area contributed by atoms with Crippen LogP contribution in [-0.2, 0) is 16.1 Å². The number of nitrogens with zero attached hydrogens (tertiary/aromatic N) is 1. The molecule has 1 heterocycles. The Morgan fingerprint density at radius 2 is 1.86 bits per heavy atom. The summed E-state index contributed by atoms with van der Waals surface area (Å²) < 4.78 is 1.01. The number of rotatable bonds is 2. The molecule has 1 aromatic carbocycles. The first-order valence-electron chi connectivity index (χ1n) is 7.10. The molecule has 0 saturated carbocycles. The maximum absolute atomic E-state index is 12.7. The second-order valence-electron chi connectivity index (χ2n) is 6.50. The van der Waals surface area contributed by atoms with Crippen molar-refractivity contribution in [3.63, 3.8) is 0 Å². The monoisotopic (exact) mass is 352 g/mol.